The molecule has 0 radical (unpaired) electrons. The van der Waals surface area contributed by atoms with Crippen LogP contribution in [0.25, 0.3) is 82.7 Å². The molecule has 1 aliphatic heterocycles. The smallest absolute Gasteiger partial charge is 0.145 e. The number of fused-ring (bicyclic) bond motifs is 2. The normalized spacial score (nSPS) is 13.6. The number of benzene rings is 10. The summed E-state index contributed by atoms with van der Waals surface area (Å²) in [6.07, 6.45) is 0.854. The van der Waals surface area contributed by atoms with Gasteiger partial charge in [-0.15, -0.1) is 0 Å². The monoisotopic (exact) mass is 801 g/mol. The lowest BCUT2D eigenvalue weighted by atomic mass is 9.82. The molecule has 1 aliphatic rings. The second-order valence-corrected chi connectivity index (χ2v) is 16.3. The Morgan fingerprint density at radius 3 is 1.67 bits per heavy atom. The molecule has 12 rings (SSSR count). The van der Waals surface area contributed by atoms with E-state index < -0.39 is 0 Å². The number of aromatic nitrogens is 2. The van der Waals surface area contributed by atoms with Crippen molar-refractivity contribution >= 4 is 54.7 Å². The highest BCUT2D eigenvalue weighted by molar-refractivity contribution is 6.27. The van der Waals surface area contributed by atoms with Crippen LogP contribution in [-0.4, -0.2) is 15.3 Å². The van der Waals surface area contributed by atoms with Crippen LogP contribution in [0.1, 0.15) is 33.7 Å². The minimum absolute atomic E-state index is 0.0793. The Bertz CT molecular complexity index is 3690. The third-order valence-electron chi connectivity index (χ3n) is 12.9. The van der Waals surface area contributed by atoms with E-state index in [1.165, 1.54) is 49.0 Å². The first-order valence-electron chi connectivity index (χ1n) is 21.2. The van der Waals surface area contributed by atoms with Gasteiger partial charge in [-0.05, 0) is 132 Å². The molecule has 1 aromatic heterocycles. The van der Waals surface area contributed by atoms with Crippen LogP contribution in [0.15, 0.2) is 199 Å². The van der Waals surface area contributed by atoms with E-state index in [4.69, 9.17) is 9.98 Å². The summed E-state index contributed by atoms with van der Waals surface area (Å²) < 4.78 is 2.17. The molecule has 0 saturated heterocycles. The minimum Gasteiger partial charge on any atom is -0.292 e. The van der Waals surface area contributed by atoms with Crippen LogP contribution in [-0.2, 0) is 6.42 Å². The molecule has 0 unspecified atom stereocenters. The summed E-state index contributed by atoms with van der Waals surface area (Å²) in [6.45, 7) is 0. The number of aliphatic imine (C=N–C) groups is 1. The van der Waals surface area contributed by atoms with E-state index in [9.17, 15) is 10.5 Å². The van der Waals surface area contributed by atoms with Crippen molar-refractivity contribution in [3.8, 4) is 51.5 Å². The van der Waals surface area contributed by atoms with Crippen LogP contribution in [0.3, 0.4) is 0 Å². The van der Waals surface area contributed by atoms with E-state index in [1.807, 2.05) is 54.6 Å². The van der Waals surface area contributed by atoms with Gasteiger partial charge < -0.3 is 0 Å². The van der Waals surface area contributed by atoms with E-state index in [2.05, 4.69) is 156 Å². The summed E-state index contributed by atoms with van der Waals surface area (Å²) in [5, 5.41) is 26.3. The highest BCUT2D eigenvalue weighted by Crippen LogP contribution is 2.43. The molecule has 0 fully saturated rings. The van der Waals surface area contributed by atoms with Crippen LogP contribution in [0.2, 0.25) is 0 Å². The third kappa shape index (κ3) is 5.98. The van der Waals surface area contributed by atoms with Gasteiger partial charge in [-0.1, -0.05) is 140 Å². The quantitative estimate of drug-likeness (QED) is 0.157. The van der Waals surface area contributed by atoms with E-state index in [0.29, 0.717) is 11.1 Å². The molecule has 0 bridgehead atoms. The van der Waals surface area contributed by atoms with Crippen molar-refractivity contribution in [1.82, 2.24) is 9.55 Å². The molecule has 5 nitrogen and oxygen atoms in total. The molecule has 1 atom stereocenters. The van der Waals surface area contributed by atoms with Crippen LogP contribution in [0, 0.1) is 22.7 Å². The van der Waals surface area contributed by atoms with E-state index in [-0.39, 0.29) is 5.92 Å². The zero-order chi connectivity index (χ0) is 42.0. The van der Waals surface area contributed by atoms with Gasteiger partial charge in [0.2, 0.25) is 0 Å². The number of rotatable bonds is 6. The molecule has 10 aromatic carbocycles. The molecule has 0 aliphatic carbocycles. The summed E-state index contributed by atoms with van der Waals surface area (Å²) in [7, 11) is 0. The predicted octanol–water partition coefficient (Wildman–Crippen LogP) is 14.1. The van der Waals surface area contributed by atoms with Gasteiger partial charge in [0, 0.05) is 17.2 Å². The Balaban J connectivity index is 0.918. The Kier molecular flexibility index (Phi) is 8.35. The second kappa shape index (κ2) is 14.5. The van der Waals surface area contributed by atoms with Crippen molar-refractivity contribution in [3.63, 3.8) is 0 Å². The Morgan fingerprint density at radius 2 is 1.03 bits per heavy atom. The summed E-state index contributed by atoms with van der Waals surface area (Å²) in [5.74, 6) is 0.933. The fourth-order valence-corrected chi connectivity index (χ4v) is 9.74. The lowest BCUT2D eigenvalue weighted by Gasteiger charge is -2.26. The van der Waals surface area contributed by atoms with E-state index in [0.717, 1.165) is 68.2 Å². The number of nitrogens with zero attached hydrogens (tertiary/aromatic N) is 5. The minimum atomic E-state index is 0.0793. The van der Waals surface area contributed by atoms with Gasteiger partial charge in [0.25, 0.3) is 0 Å². The van der Waals surface area contributed by atoms with E-state index >= 15 is 0 Å². The van der Waals surface area contributed by atoms with Gasteiger partial charge in [0.1, 0.15) is 5.82 Å². The summed E-state index contributed by atoms with van der Waals surface area (Å²) in [5.41, 5.74) is 15.4. The number of nitriles is 2. The number of imidazole rings is 1. The summed E-state index contributed by atoms with van der Waals surface area (Å²) >= 11 is 0. The number of hydrogen-bond donors (Lipinski definition) is 0. The maximum Gasteiger partial charge on any atom is 0.145 e. The van der Waals surface area contributed by atoms with Gasteiger partial charge >= 0.3 is 0 Å². The maximum absolute atomic E-state index is 9.45. The SMILES string of the molecule is N#Cc1ccc([C@@H]2Cc3ccccc3N=C2c2ccc(-c3ccc4ccc5c(-c6ccc(-c7nc8ccccc8n7-c7ccc(C#N)cc7)cc6)ccc6ccc3c4c65)cc2)cc1. The summed E-state index contributed by atoms with van der Waals surface area (Å²) in [6, 6.07) is 72.5. The first-order valence-corrected chi connectivity index (χ1v) is 21.2. The third-order valence-corrected chi connectivity index (χ3v) is 12.9. The highest BCUT2D eigenvalue weighted by Gasteiger charge is 2.26. The van der Waals surface area contributed by atoms with Crippen molar-refractivity contribution in [2.45, 2.75) is 12.3 Å². The van der Waals surface area contributed by atoms with Gasteiger partial charge in [0.05, 0.1) is 45.7 Å². The fraction of sp³-hybridized carbons (Fsp3) is 0.0345. The van der Waals surface area contributed by atoms with Gasteiger partial charge in [-0.25, -0.2) is 4.98 Å². The van der Waals surface area contributed by atoms with Gasteiger partial charge in [-0.2, -0.15) is 10.5 Å². The Labute approximate surface area is 364 Å². The van der Waals surface area contributed by atoms with Crippen molar-refractivity contribution in [2.75, 3.05) is 0 Å². The molecule has 0 spiro atoms. The first-order chi connectivity index (χ1) is 31.1. The molecule has 5 heteroatoms. The average molecular weight is 802 g/mol. The Hall–Kier alpha value is -8.64. The van der Waals surface area contributed by atoms with Crippen molar-refractivity contribution in [2.24, 2.45) is 4.99 Å². The maximum atomic E-state index is 9.45. The Morgan fingerprint density at radius 1 is 0.492 bits per heavy atom. The fourth-order valence-electron chi connectivity index (χ4n) is 9.74. The molecular formula is C58H35N5. The number of para-hydroxylation sites is 3. The molecule has 292 valence electrons. The summed E-state index contributed by atoms with van der Waals surface area (Å²) in [4.78, 5) is 10.3. The zero-order valence-electron chi connectivity index (χ0n) is 34.0. The van der Waals surface area contributed by atoms with Crippen LogP contribution in [0.4, 0.5) is 5.69 Å². The average Bonchev–Trinajstić information content (AvgIpc) is 3.75. The predicted molar refractivity (Wildman–Crippen MR) is 256 cm³/mol. The second-order valence-electron chi connectivity index (χ2n) is 16.3. The number of hydrogen-bond acceptors (Lipinski definition) is 4. The molecule has 63 heavy (non-hydrogen) atoms. The van der Waals surface area contributed by atoms with Crippen molar-refractivity contribution in [1.29, 1.82) is 10.5 Å². The molecule has 0 N–H and O–H groups in total. The van der Waals surface area contributed by atoms with Crippen LogP contribution < -0.4 is 0 Å². The van der Waals surface area contributed by atoms with Crippen LogP contribution in [0.5, 0.6) is 0 Å². The van der Waals surface area contributed by atoms with E-state index in [1.54, 1.807) is 0 Å². The topological polar surface area (TPSA) is 77.8 Å². The largest absolute Gasteiger partial charge is 0.292 e. The van der Waals surface area contributed by atoms with Crippen molar-refractivity contribution in [3.05, 3.63) is 222 Å². The molecular weight excluding hydrogens is 767 g/mol. The zero-order valence-corrected chi connectivity index (χ0v) is 34.0. The highest BCUT2D eigenvalue weighted by atomic mass is 15.1. The van der Waals surface area contributed by atoms with Gasteiger partial charge in [-0.3, -0.25) is 9.56 Å². The lowest BCUT2D eigenvalue weighted by Crippen LogP contribution is -2.20. The molecule has 0 saturated carbocycles. The molecule has 0 amide bonds. The first kappa shape index (κ1) is 36.2. The van der Waals surface area contributed by atoms with Crippen LogP contribution >= 0.6 is 0 Å². The lowest BCUT2D eigenvalue weighted by molar-refractivity contribution is 0.859. The molecule has 11 aromatic rings. The van der Waals surface area contributed by atoms with Gasteiger partial charge in [0.15, 0.2) is 0 Å². The molecule has 2 heterocycles. The van der Waals surface area contributed by atoms with Crippen molar-refractivity contribution < 1.29 is 0 Å². The standard InChI is InChI=1S/C58H35N5/c59-34-36-9-13-40(14-10-36)51-33-45-5-1-2-6-52(45)61-57(51)43-19-15-38(16-20-43)47-29-23-41-26-32-50-48(30-24-42-25-31-49(47)55(41)56(42)50)39-17-21-44(22-18-39)58-62-53-7-3-4-8-54(53)63(58)46-27-11-37(35-60)12-28-46/h1-32,51H,33H2/t51-/m0/s1.